The molecule has 6 nitrogen and oxygen atoms in total. The van der Waals surface area contributed by atoms with E-state index < -0.39 is 0 Å². The minimum absolute atomic E-state index is 0.854. The van der Waals surface area contributed by atoms with E-state index in [0.717, 1.165) is 80.5 Å². The Morgan fingerprint density at radius 2 is 1.18 bits per heavy atom. The third kappa shape index (κ3) is 3.79. The van der Waals surface area contributed by atoms with Gasteiger partial charge in [0.25, 0.3) is 0 Å². The molecule has 0 N–H and O–H groups in total. The van der Waals surface area contributed by atoms with Crippen LogP contribution < -0.4 is 0 Å². The molecule has 1 aliphatic rings. The van der Waals surface area contributed by atoms with Crippen LogP contribution in [0.15, 0.2) is 90.8 Å². The van der Waals surface area contributed by atoms with Crippen molar-refractivity contribution in [3.05, 3.63) is 107 Å². The van der Waals surface area contributed by atoms with E-state index in [-0.39, 0.29) is 0 Å². The lowest BCUT2D eigenvalue weighted by Crippen LogP contribution is -2.06. The molecule has 196 valence electrons. The summed E-state index contributed by atoms with van der Waals surface area (Å²) in [5.74, 6) is 1.80. The van der Waals surface area contributed by atoms with Crippen LogP contribution in [0.4, 0.5) is 0 Å². The van der Waals surface area contributed by atoms with Gasteiger partial charge in [0, 0.05) is 29.2 Å². The molecule has 0 amide bonds. The number of benzene rings is 2. The summed E-state index contributed by atoms with van der Waals surface area (Å²) in [5.41, 5.74) is 12.6. The average Bonchev–Trinajstić information content (AvgIpc) is 3.53. The van der Waals surface area contributed by atoms with Crippen molar-refractivity contribution in [1.82, 2.24) is 29.1 Å². The fraction of sp³-hybridized carbons (Fsp3) is 0.176. The highest BCUT2D eigenvalue weighted by molar-refractivity contribution is 5.87. The molecular formula is C34H30N6. The monoisotopic (exact) mass is 522 g/mol. The molecule has 6 heteroatoms. The number of fused-ring (bicyclic) bond motifs is 2. The average molecular weight is 523 g/mol. The van der Waals surface area contributed by atoms with E-state index in [1.807, 2.05) is 36.7 Å². The topological polar surface area (TPSA) is 61.4 Å². The van der Waals surface area contributed by atoms with Gasteiger partial charge in [-0.3, -0.25) is 9.13 Å². The number of imidazole rings is 2. The van der Waals surface area contributed by atoms with Gasteiger partial charge in [-0.1, -0.05) is 30.4 Å². The van der Waals surface area contributed by atoms with E-state index in [2.05, 4.69) is 85.4 Å². The van der Waals surface area contributed by atoms with Crippen molar-refractivity contribution in [1.29, 1.82) is 0 Å². The molecule has 0 aliphatic heterocycles. The predicted molar refractivity (Wildman–Crippen MR) is 162 cm³/mol. The summed E-state index contributed by atoms with van der Waals surface area (Å²) < 4.78 is 4.42. The molecular weight excluding hydrogens is 492 g/mol. The number of aromatic nitrogens is 6. The van der Waals surface area contributed by atoms with Gasteiger partial charge in [-0.2, -0.15) is 0 Å². The number of nitrogens with zero attached hydrogens (tertiary/aromatic N) is 6. The second-order valence-corrected chi connectivity index (χ2v) is 10.6. The van der Waals surface area contributed by atoms with Gasteiger partial charge in [0.05, 0.1) is 5.69 Å². The normalized spacial score (nSPS) is 13.6. The molecule has 0 atom stereocenters. The second kappa shape index (κ2) is 9.42. The second-order valence-electron chi connectivity index (χ2n) is 10.6. The van der Waals surface area contributed by atoms with Crippen molar-refractivity contribution in [3.8, 4) is 28.5 Å². The maximum absolute atomic E-state index is 5.11. The van der Waals surface area contributed by atoms with Crippen LogP contribution in [-0.4, -0.2) is 29.1 Å². The summed E-state index contributed by atoms with van der Waals surface area (Å²) in [7, 11) is 0. The maximum atomic E-state index is 5.11. The van der Waals surface area contributed by atoms with Crippen molar-refractivity contribution in [2.75, 3.05) is 0 Å². The van der Waals surface area contributed by atoms with Gasteiger partial charge in [0.2, 0.25) is 0 Å². The lowest BCUT2D eigenvalue weighted by Gasteiger charge is -2.19. The van der Waals surface area contributed by atoms with Gasteiger partial charge in [-0.15, -0.1) is 0 Å². The van der Waals surface area contributed by atoms with E-state index in [4.69, 9.17) is 19.9 Å². The van der Waals surface area contributed by atoms with Crippen LogP contribution in [0.25, 0.3) is 56.5 Å². The molecule has 0 radical (unpaired) electrons. The van der Waals surface area contributed by atoms with Gasteiger partial charge in [0.1, 0.15) is 22.7 Å². The van der Waals surface area contributed by atoms with Crippen LogP contribution in [0.2, 0.25) is 0 Å². The number of hydrogen-bond donors (Lipinski definition) is 0. The van der Waals surface area contributed by atoms with E-state index >= 15 is 0 Å². The maximum Gasteiger partial charge on any atom is 0.164 e. The highest BCUT2D eigenvalue weighted by atomic mass is 15.1. The largest absolute Gasteiger partial charge is 0.277 e. The van der Waals surface area contributed by atoms with Gasteiger partial charge >= 0.3 is 0 Å². The van der Waals surface area contributed by atoms with Crippen molar-refractivity contribution in [3.63, 3.8) is 0 Å². The van der Waals surface area contributed by atoms with E-state index in [1.165, 1.54) is 11.1 Å². The van der Waals surface area contributed by atoms with E-state index in [1.54, 1.807) is 0 Å². The number of hydrogen-bond acceptors (Lipinski definition) is 4. The van der Waals surface area contributed by atoms with Gasteiger partial charge in [0.15, 0.2) is 11.3 Å². The van der Waals surface area contributed by atoms with Crippen LogP contribution in [0.5, 0.6) is 0 Å². The Morgan fingerprint density at radius 1 is 0.600 bits per heavy atom. The van der Waals surface area contributed by atoms with Crippen LogP contribution in [-0.2, 0) is 0 Å². The fourth-order valence-corrected chi connectivity index (χ4v) is 5.81. The molecule has 6 aromatic rings. The van der Waals surface area contributed by atoms with Crippen molar-refractivity contribution < 1.29 is 0 Å². The lowest BCUT2D eigenvalue weighted by molar-refractivity contribution is 0.979. The van der Waals surface area contributed by atoms with Gasteiger partial charge < -0.3 is 0 Å². The van der Waals surface area contributed by atoms with Crippen molar-refractivity contribution in [2.45, 2.75) is 40.5 Å². The van der Waals surface area contributed by atoms with Gasteiger partial charge in [-0.05, 0) is 105 Å². The Kier molecular flexibility index (Phi) is 5.70. The Labute approximate surface area is 233 Å². The first-order valence-corrected chi connectivity index (χ1v) is 13.7. The zero-order chi connectivity index (χ0) is 27.4. The molecule has 0 saturated carbocycles. The van der Waals surface area contributed by atoms with Crippen LogP contribution >= 0.6 is 0 Å². The first-order valence-electron chi connectivity index (χ1n) is 13.7. The summed E-state index contributed by atoms with van der Waals surface area (Å²) in [5, 5.41) is 0. The minimum Gasteiger partial charge on any atom is -0.277 e. The Hall–Kier alpha value is -4.84. The third-order valence-electron chi connectivity index (χ3n) is 7.84. The standard InChI is InChI=1S/C34H30N6/c1-21-11-5-7-15-29(21)39-31(37-27-13-9-17-35-33(27)39)25-19-24(4)26(20-23(25)3)32-38-28-14-10-18-36-34(28)40(32)30-16-8-6-12-22(30)2/h5,7,9-20H,6,8H2,1-4H3. The molecule has 2 aromatic carbocycles. The molecule has 0 fully saturated rings. The smallest absolute Gasteiger partial charge is 0.164 e. The van der Waals surface area contributed by atoms with Gasteiger partial charge in [-0.25, -0.2) is 19.9 Å². The summed E-state index contributed by atoms with van der Waals surface area (Å²) in [6, 6.07) is 20.9. The third-order valence-corrected chi connectivity index (χ3v) is 7.84. The summed E-state index contributed by atoms with van der Waals surface area (Å²) in [6.07, 6.45) is 10.4. The number of rotatable bonds is 4. The SMILES string of the molecule is CC1=CCCC=C1n1c(-c2cc(C)c(-c3nc4cccnc4n3-c3ccccc3C)cc2C)nc2cccnc21. The quantitative estimate of drug-likeness (QED) is 0.235. The Bertz CT molecular complexity index is 2000. The molecule has 1 aliphatic carbocycles. The molecule has 4 heterocycles. The van der Waals surface area contributed by atoms with Crippen LogP contribution in [0.3, 0.4) is 0 Å². The Balaban J connectivity index is 1.46. The zero-order valence-corrected chi connectivity index (χ0v) is 23.2. The summed E-state index contributed by atoms with van der Waals surface area (Å²) in [6.45, 7) is 8.62. The molecule has 40 heavy (non-hydrogen) atoms. The predicted octanol–water partition coefficient (Wildman–Crippen LogP) is 8.01. The van der Waals surface area contributed by atoms with Crippen molar-refractivity contribution >= 4 is 28.0 Å². The zero-order valence-electron chi connectivity index (χ0n) is 23.2. The number of aryl methyl sites for hydroxylation is 3. The highest BCUT2D eigenvalue weighted by Gasteiger charge is 2.23. The number of pyridine rings is 2. The molecule has 4 aromatic heterocycles. The summed E-state index contributed by atoms with van der Waals surface area (Å²) >= 11 is 0. The number of allylic oxidation sites excluding steroid dienone is 4. The lowest BCUT2D eigenvalue weighted by atomic mass is 9.98. The first kappa shape index (κ1) is 24.2. The van der Waals surface area contributed by atoms with Crippen LogP contribution in [0.1, 0.15) is 36.5 Å². The molecule has 0 bridgehead atoms. The fourth-order valence-electron chi connectivity index (χ4n) is 5.81. The van der Waals surface area contributed by atoms with E-state index in [9.17, 15) is 0 Å². The number of para-hydroxylation sites is 1. The molecule has 7 rings (SSSR count). The molecule has 0 spiro atoms. The van der Waals surface area contributed by atoms with Crippen molar-refractivity contribution in [2.24, 2.45) is 0 Å². The summed E-state index contributed by atoms with van der Waals surface area (Å²) in [4.78, 5) is 19.7. The van der Waals surface area contributed by atoms with Crippen LogP contribution in [0, 0.1) is 20.8 Å². The Morgan fingerprint density at radius 3 is 1.80 bits per heavy atom. The first-order chi connectivity index (χ1) is 19.5. The molecule has 0 saturated heterocycles. The molecule has 0 unspecified atom stereocenters. The van der Waals surface area contributed by atoms with E-state index in [0.29, 0.717) is 0 Å². The minimum atomic E-state index is 0.854. The highest BCUT2D eigenvalue weighted by Crippen LogP contribution is 2.37.